The van der Waals surface area contributed by atoms with Crippen molar-refractivity contribution in [3.05, 3.63) is 41.5 Å². The summed E-state index contributed by atoms with van der Waals surface area (Å²) in [5.74, 6) is 0. The number of halogens is 2. The first-order valence-corrected chi connectivity index (χ1v) is 3.71. The van der Waals surface area contributed by atoms with E-state index in [0.29, 0.717) is 0 Å². The number of hydrogen-bond donors (Lipinski definition) is 0. The second-order valence-electron chi connectivity index (χ2n) is 2.60. The Bertz CT molecular complexity index is 262. The Morgan fingerprint density at radius 3 is 2.33 bits per heavy atom. The van der Waals surface area contributed by atoms with Crippen LogP contribution in [0.2, 0.25) is 0 Å². The minimum Gasteiger partial charge on any atom is -0.205 e. The van der Waals surface area contributed by atoms with Gasteiger partial charge in [0.2, 0.25) is 0 Å². The van der Waals surface area contributed by atoms with Crippen LogP contribution in [0.1, 0.15) is 12.5 Å². The number of benzene rings is 1. The van der Waals surface area contributed by atoms with Crippen molar-refractivity contribution in [2.75, 3.05) is 0 Å². The molecule has 2 heteroatoms. The van der Waals surface area contributed by atoms with Crippen LogP contribution in [0.5, 0.6) is 0 Å². The van der Waals surface area contributed by atoms with Crippen LogP contribution in [-0.4, -0.2) is 6.43 Å². The van der Waals surface area contributed by atoms with Gasteiger partial charge in [0, 0.05) is 0 Å². The summed E-state index contributed by atoms with van der Waals surface area (Å²) >= 11 is 0. The Morgan fingerprint density at radius 2 is 1.83 bits per heavy atom. The lowest BCUT2D eigenvalue weighted by molar-refractivity contribution is 0.191. The van der Waals surface area contributed by atoms with Crippen LogP contribution in [0, 0.1) is 0 Å². The summed E-state index contributed by atoms with van der Waals surface area (Å²) in [6, 6.07) is 9.10. The molecule has 0 bridgehead atoms. The van der Waals surface area contributed by atoms with E-state index in [1.807, 2.05) is 18.2 Å². The van der Waals surface area contributed by atoms with Gasteiger partial charge < -0.3 is 0 Å². The molecule has 0 saturated carbocycles. The molecule has 0 N–H and O–H groups in total. The minimum atomic E-state index is -2.36. The molecule has 0 aliphatic rings. The maximum Gasteiger partial charge on any atom is 0.259 e. The molecule has 0 amide bonds. The van der Waals surface area contributed by atoms with Crippen molar-refractivity contribution in [2.45, 2.75) is 13.3 Å². The summed E-state index contributed by atoms with van der Waals surface area (Å²) in [4.78, 5) is 0. The van der Waals surface area contributed by atoms with Crippen LogP contribution in [0.3, 0.4) is 0 Å². The second kappa shape index (κ2) is 4.00. The summed E-state index contributed by atoms with van der Waals surface area (Å²) in [6.45, 7) is 1.43. The minimum absolute atomic E-state index is 0.0983. The van der Waals surface area contributed by atoms with Gasteiger partial charge in [0.25, 0.3) is 6.43 Å². The van der Waals surface area contributed by atoms with Gasteiger partial charge in [-0.15, -0.1) is 0 Å². The third-order valence-electron chi connectivity index (χ3n) is 1.54. The van der Waals surface area contributed by atoms with Crippen molar-refractivity contribution in [3.8, 4) is 0 Å². The standard InChI is InChI=1S/C10H10F2/c1-8(10(11)12)7-9-5-3-2-4-6-9/h2-7,10H,1H3/b8-7+. The average Bonchev–Trinajstić information content (AvgIpc) is 2.06. The predicted octanol–water partition coefficient (Wildman–Crippen LogP) is 3.36. The maximum atomic E-state index is 12.0. The number of allylic oxidation sites excluding steroid dienone is 1. The molecule has 0 unspecified atom stereocenters. The highest BCUT2D eigenvalue weighted by molar-refractivity contribution is 5.52. The Balaban J connectivity index is 2.81. The highest BCUT2D eigenvalue weighted by Crippen LogP contribution is 2.12. The van der Waals surface area contributed by atoms with E-state index in [4.69, 9.17) is 0 Å². The van der Waals surface area contributed by atoms with Crippen LogP contribution < -0.4 is 0 Å². The van der Waals surface area contributed by atoms with E-state index in [1.165, 1.54) is 13.0 Å². The van der Waals surface area contributed by atoms with Crippen molar-refractivity contribution in [2.24, 2.45) is 0 Å². The summed E-state index contributed by atoms with van der Waals surface area (Å²) in [7, 11) is 0. The van der Waals surface area contributed by atoms with E-state index in [0.717, 1.165) is 5.56 Å². The number of hydrogen-bond acceptors (Lipinski definition) is 0. The van der Waals surface area contributed by atoms with Gasteiger partial charge in [-0.2, -0.15) is 0 Å². The van der Waals surface area contributed by atoms with Crippen molar-refractivity contribution in [1.29, 1.82) is 0 Å². The van der Waals surface area contributed by atoms with Crippen LogP contribution >= 0.6 is 0 Å². The summed E-state index contributed by atoms with van der Waals surface area (Å²) in [6.07, 6.45) is -0.866. The largest absolute Gasteiger partial charge is 0.259 e. The van der Waals surface area contributed by atoms with Crippen LogP contribution in [-0.2, 0) is 0 Å². The fourth-order valence-electron chi connectivity index (χ4n) is 0.875. The molecule has 1 aromatic rings. The molecule has 0 spiro atoms. The smallest absolute Gasteiger partial charge is 0.205 e. The molecule has 0 aliphatic heterocycles. The van der Waals surface area contributed by atoms with E-state index in [9.17, 15) is 8.78 Å². The quantitative estimate of drug-likeness (QED) is 0.635. The molecule has 64 valence electrons. The zero-order chi connectivity index (χ0) is 8.97. The van der Waals surface area contributed by atoms with Gasteiger partial charge in [-0.05, 0) is 18.1 Å². The van der Waals surface area contributed by atoms with Gasteiger partial charge in [-0.25, -0.2) is 8.78 Å². The maximum absolute atomic E-state index is 12.0. The Hall–Kier alpha value is -1.18. The Morgan fingerprint density at radius 1 is 1.25 bits per heavy atom. The topological polar surface area (TPSA) is 0 Å². The van der Waals surface area contributed by atoms with Crippen molar-refractivity contribution < 1.29 is 8.78 Å². The van der Waals surface area contributed by atoms with Crippen molar-refractivity contribution in [3.63, 3.8) is 0 Å². The zero-order valence-corrected chi connectivity index (χ0v) is 6.80. The molecule has 1 aromatic carbocycles. The lowest BCUT2D eigenvalue weighted by Gasteiger charge is -1.98. The molecular weight excluding hydrogens is 158 g/mol. The van der Waals surface area contributed by atoms with E-state index in [2.05, 4.69) is 0 Å². The lowest BCUT2D eigenvalue weighted by Crippen LogP contribution is -1.90. The molecule has 1 rings (SSSR count). The fourth-order valence-corrected chi connectivity index (χ4v) is 0.875. The molecule has 0 fully saturated rings. The van der Waals surface area contributed by atoms with Crippen molar-refractivity contribution >= 4 is 6.08 Å². The third-order valence-corrected chi connectivity index (χ3v) is 1.54. The van der Waals surface area contributed by atoms with Gasteiger partial charge in [0.15, 0.2) is 0 Å². The first-order valence-electron chi connectivity index (χ1n) is 3.71. The molecule has 0 atom stereocenters. The molecule has 0 aliphatic carbocycles. The number of alkyl halides is 2. The van der Waals surface area contributed by atoms with Gasteiger partial charge in [0.05, 0.1) is 0 Å². The van der Waals surface area contributed by atoms with E-state index in [-0.39, 0.29) is 5.57 Å². The molecular formula is C10H10F2. The summed E-state index contributed by atoms with van der Waals surface area (Å²) in [5, 5.41) is 0. The molecule has 0 aromatic heterocycles. The fraction of sp³-hybridized carbons (Fsp3) is 0.200. The average molecular weight is 168 g/mol. The van der Waals surface area contributed by atoms with Gasteiger partial charge in [-0.1, -0.05) is 36.4 Å². The zero-order valence-electron chi connectivity index (χ0n) is 6.80. The van der Waals surface area contributed by atoms with Crippen LogP contribution in [0.25, 0.3) is 6.08 Å². The van der Waals surface area contributed by atoms with Gasteiger partial charge in [-0.3, -0.25) is 0 Å². The third kappa shape index (κ3) is 2.46. The Labute approximate surface area is 70.5 Å². The molecule has 0 radical (unpaired) electrons. The number of rotatable bonds is 2. The normalized spacial score (nSPS) is 12.2. The summed E-state index contributed by atoms with van der Waals surface area (Å²) < 4.78 is 24.1. The predicted molar refractivity (Wildman–Crippen MR) is 46.1 cm³/mol. The van der Waals surface area contributed by atoms with Crippen LogP contribution in [0.15, 0.2) is 35.9 Å². The second-order valence-corrected chi connectivity index (χ2v) is 2.60. The van der Waals surface area contributed by atoms with Crippen LogP contribution in [0.4, 0.5) is 8.78 Å². The monoisotopic (exact) mass is 168 g/mol. The van der Waals surface area contributed by atoms with E-state index < -0.39 is 6.43 Å². The molecule has 0 nitrogen and oxygen atoms in total. The van der Waals surface area contributed by atoms with E-state index >= 15 is 0 Å². The van der Waals surface area contributed by atoms with E-state index in [1.54, 1.807) is 12.1 Å². The highest BCUT2D eigenvalue weighted by atomic mass is 19.3. The molecule has 0 saturated heterocycles. The molecule has 0 heterocycles. The lowest BCUT2D eigenvalue weighted by atomic mass is 10.1. The van der Waals surface area contributed by atoms with Gasteiger partial charge >= 0.3 is 0 Å². The summed E-state index contributed by atoms with van der Waals surface area (Å²) in [5.41, 5.74) is 0.913. The van der Waals surface area contributed by atoms with Gasteiger partial charge in [0.1, 0.15) is 0 Å². The SMILES string of the molecule is C/C(=C\c1ccccc1)C(F)F. The first kappa shape index (κ1) is 8.91. The highest BCUT2D eigenvalue weighted by Gasteiger charge is 2.03. The first-order chi connectivity index (χ1) is 5.70. The Kier molecular flexibility index (Phi) is 2.97. The van der Waals surface area contributed by atoms with Crippen molar-refractivity contribution in [1.82, 2.24) is 0 Å². The molecule has 12 heavy (non-hydrogen) atoms.